The summed E-state index contributed by atoms with van der Waals surface area (Å²) in [6.07, 6.45) is 4.48. The van der Waals surface area contributed by atoms with E-state index in [0.717, 1.165) is 27.8 Å². The molecule has 0 saturated carbocycles. The predicted molar refractivity (Wildman–Crippen MR) is 156 cm³/mol. The fourth-order valence-electron chi connectivity index (χ4n) is 5.14. The van der Waals surface area contributed by atoms with E-state index in [1.807, 2.05) is 77.5 Å². The molecule has 0 fully saturated rings. The van der Waals surface area contributed by atoms with Crippen LogP contribution in [0.25, 0.3) is 16.5 Å². The van der Waals surface area contributed by atoms with Crippen molar-refractivity contribution in [3.63, 3.8) is 0 Å². The number of aryl methyl sites for hydroxylation is 2. The van der Waals surface area contributed by atoms with Crippen molar-refractivity contribution in [2.45, 2.75) is 19.3 Å². The third kappa shape index (κ3) is 4.89. The van der Waals surface area contributed by atoms with Crippen LogP contribution in [0.5, 0.6) is 5.75 Å². The lowest BCUT2D eigenvalue weighted by atomic mass is 10.1. The largest absolute Gasteiger partial charge is 0.493 e. The summed E-state index contributed by atoms with van der Waals surface area (Å²) < 4.78 is 21.3. The number of anilines is 3. The molecule has 0 bridgehead atoms. The number of para-hydroxylation sites is 1. The number of imidazole rings is 1. The average Bonchev–Trinajstić information content (AvgIpc) is 3.37. The van der Waals surface area contributed by atoms with Crippen LogP contribution in [0.15, 0.2) is 91.3 Å². The highest BCUT2D eigenvalue weighted by molar-refractivity contribution is 6.21. The highest BCUT2D eigenvalue weighted by Crippen LogP contribution is 2.40. The number of carbonyl (C=O) groups excluding carboxylic acids is 2. The lowest BCUT2D eigenvalue weighted by Crippen LogP contribution is -2.26. The fourth-order valence-corrected chi connectivity index (χ4v) is 5.14. The van der Waals surface area contributed by atoms with E-state index < -0.39 is 0 Å². The molecule has 0 spiro atoms. The van der Waals surface area contributed by atoms with Crippen molar-refractivity contribution in [1.29, 1.82) is 0 Å². The summed E-state index contributed by atoms with van der Waals surface area (Å²) in [6, 6.07) is 24.0. The van der Waals surface area contributed by atoms with E-state index in [4.69, 9.17) is 4.74 Å². The van der Waals surface area contributed by atoms with Crippen molar-refractivity contribution >= 4 is 52.1 Å². The maximum atomic E-state index is 14.1. The van der Waals surface area contributed by atoms with E-state index in [0.29, 0.717) is 29.9 Å². The Morgan fingerprint density at radius 1 is 0.925 bits per heavy atom. The molecule has 2 heterocycles. The van der Waals surface area contributed by atoms with Crippen LogP contribution >= 0.6 is 12.4 Å². The Morgan fingerprint density at radius 3 is 2.50 bits per heavy atom. The molecule has 1 aromatic heterocycles. The molecule has 2 amide bonds. The van der Waals surface area contributed by atoms with E-state index in [9.17, 15) is 14.0 Å². The Hall–Kier alpha value is -4.69. The highest BCUT2D eigenvalue weighted by atomic mass is 35.5. The Morgan fingerprint density at radius 2 is 1.70 bits per heavy atom. The molecule has 0 aliphatic carbocycles. The number of hydrogen-bond donors (Lipinski definition) is 1. The molecule has 9 heteroatoms. The number of halogens is 2. The first kappa shape index (κ1) is 26.9. The van der Waals surface area contributed by atoms with Crippen molar-refractivity contribution in [3.8, 4) is 11.4 Å². The molecule has 7 nitrogen and oxygen atoms in total. The van der Waals surface area contributed by atoms with Crippen molar-refractivity contribution in [2.75, 3.05) is 17.3 Å². The first-order valence-electron chi connectivity index (χ1n) is 12.6. The van der Waals surface area contributed by atoms with Crippen LogP contribution in [-0.2, 0) is 22.4 Å². The first-order chi connectivity index (χ1) is 19.0. The maximum absolute atomic E-state index is 14.1. The zero-order valence-corrected chi connectivity index (χ0v) is 22.5. The van der Waals surface area contributed by atoms with Gasteiger partial charge in [-0.15, -0.1) is 12.4 Å². The van der Waals surface area contributed by atoms with Gasteiger partial charge in [-0.05, 0) is 53.8 Å². The van der Waals surface area contributed by atoms with Crippen LogP contribution in [0.1, 0.15) is 17.8 Å². The zero-order chi connectivity index (χ0) is 26.9. The third-order valence-corrected chi connectivity index (χ3v) is 6.95. The van der Waals surface area contributed by atoms with Crippen molar-refractivity contribution in [2.24, 2.45) is 0 Å². The van der Waals surface area contributed by atoms with Crippen molar-refractivity contribution in [1.82, 2.24) is 9.55 Å². The monoisotopic (exact) mass is 556 g/mol. The molecule has 0 saturated heterocycles. The van der Waals surface area contributed by atoms with Gasteiger partial charge in [0.25, 0.3) is 0 Å². The van der Waals surface area contributed by atoms with E-state index in [1.54, 1.807) is 17.2 Å². The summed E-state index contributed by atoms with van der Waals surface area (Å²) in [5.74, 6) is 0.0365. The molecule has 0 radical (unpaired) electrons. The van der Waals surface area contributed by atoms with Gasteiger partial charge < -0.3 is 14.6 Å². The molecule has 0 unspecified atom stereocenters. The van der Waals surface area contributed by atoms with E-state index in [1.165, 1.54) is 13.2 Å². The molecule has 4 aromatic carbocycles. The van der Waals surface area contributed by atoms with Crippen LogP contribution in [0, 0.1) is 5.82 Å². The number of nitrogens with one attached hydrogen (secondary N) is 1. The van der Waals surface area contributed by atoms with Gasteiger partial charge in [0, 0.05) is 35.6 Å². The minimum atomic E-state index is -0.386. The summed E-state index contributed by atoms with van der Waals surface area (Å²) in [4.78, 5) is 31.8. The Labute approximate surface area is 236 Å². The SMILES string of the molecule is COc1c(F)cccc1CCc1nccn1-c1ccc(N2C(=O)CC(=O)Nc3c2ccc2ccccc32)cc1.Cl. The minimum Gasteiger partial charge on any atom is -0.493 e. The number of aromatic nitrogens is 2. The lowest BCUT2D eigenvalue weighted by Gasteiger charge is -2.23. The number of nitrogens with zero attached hydrogens (tertiary/aromatic N) is 3. The van der Waals surface area contributed by atoms with E-state index in [-0.39, 0.29) is 42.2 Å². The molecule has 6 rings (SSSR count). The van der Waals surface area contributed by atoms with Gasteiger partial charge in [-0.25, -0.2) is 9.37 Å². The number of fused-ring (bicyclic) bond motifs is 3. The number of carbonyl (C=O) groups is 2. The number of rotatable bonds is 6. The Kier molecular flexibility index (Phi) is 7.53. The first-order valence-corrected chi connectivity index (χ1v) is 12.6. The van der Waals surface area contributed by atoms with Gasteiger partial charge in [0.1, 0.15) is 12.2 Å². The smallest absolute Gasteiger partial charge is 0.241 e. The maximum Gasteiger partial charge on any atom is 0.241 e. The number of hydrogen-bond acceptors (Lipinski definition) is 4. The third-order valence-electron chi connectivity index (χ3n) is 6.95. The molecule has 0 atom stereocenters. The predicted octanol–water partition coefficient (Wildman–Crippen LogP) is 6.39. The molecule has 1 aliphatic rings. The summed E-state index contributed by atoms with van der Waals surface area (Å²) in [7, 11) is 1.46. The molecule has 1 N–H and O–H groups in total. The molecule has 5 aromatic rings. The lowest BCUT2D eigenvalue weighted by molar-refractivity contribution is -0.124. The van der Waals surface area contributed by atoms with Crippen LogP contribution in [0.4, 0.5) is 21.5 Å². The van der Waals surface area contributed by atoms with Crippen LogP contribution < -0.4 is 15.0 Å². The van der Waals surface area contributed by atoms with Gasteiger partial charge in [0.05, 0.1) is 18.5 Å². The van der Waals surface area contributed by atoms with Gasteiger partial charge >= 0.3 is 0 Å². The van der Waals surface area contributed by atoms with Crippen LogP contribution in [0.2, 0.25) is 0 Å². The molecule has 40 heavy (non-hydrogen) atoms. The standard InChI is InChI=1S/C31H25FN4O3.ClH/c1-39-31-21(6-4-8-25(31)32)10-16-27-33-17-18-35(27)22-11-13-23(14-12-22)36-26-15-9-20-5-2-3-7-24(20)30(26)34-28(37)19-29(36)38;/h2-9,11-15,17-18H,10,16,19H2,1H3,(H,34,37);1H. The quantitative estimate of drug-likeness (QED) is 0.246. The molecule has 202 valence electrons. The van der Waals surface area contributed by atoms with Crippen LogP contribution in [0.3, 0.4) is 0 Å². The van der Waals surface area contributed by atoms with Gasteiger partial charge in [0.2, 0.25) is 11.8 Å². The Balaban J connectivity index is 0.00000323. The fraction of sp³-hybridized carbons (Fsp3) is 0.129. The zero-order valence-electron chi connectivity index (χ0n) is 21.6. The average molecular weight is 557 g/mol. The summed E-state index contributed by atoms with van der Waals surface area (Å²) >= 11 is 0. The van der Waals surface area contributed by atoms with Gasteiger partial charge in [-0.1, -0.05) is 42.5 Å². The second-order valence-electron chi connectivity index (χ2n) is 9.30. The summed E-state index contributed by atoms with van der Waals surface area (Å²) in [5, 5.41) is 4.78. The molecule has 1 aliphatic heterocycles. The molecular weight excluding hydrogens is 531 g/mol. The summed E-state index contributed by atoms with van der Waals surface area (Å²) in [5.41, 5.74) is 3.55. The minimum absolute atomic E-state index is 0. The normalized spacial score (nSPS) is 12.9. The number of ether oxygens (including phenoxy) is 1. The number of benzene rings is 4. The Bertz CT molecular complexity index is 1720. The second kappa shape index (κ2) is 11.2. The van der Waals surface area contributed by atoms with Gasteiger partial charge in [-0.3, -0.25) is 14.5 Å². The number of amides is 2. The van der Waals surface area contributed by atoms with Crippen molar-refractivity contribution in [3.05, 3.63) is 108 Å². The van der Waals surface area contributed by atoms with Gasteiger partial charge in [0.15, 0.2) is 11.6 Å². The van der Waals surface area contributed by atoms with Gasteiger partial charge in [-0.2, -0.15) is 0 Å². The topological polar surface area (TPSA) is 76.5 Å². The van der Waals surface area contributed by atoms with E-state index in [2.05, 4.69) is 10.3 Å². The van der Waals surface area contributed by atoms with Crippen molar-refractivity contribution < 1.29 is 18.7 Å². The second-order valence-corrected chi connectivity index (χ2v) is 9.30. The van der Waals surface area contributed by atoms with Crippen LogP contribution in [-0.4, -0.2) is 28.5 Å². The molecular formula is C31H26ClFN4O3. The van der Waals surface area contributed by atoms with E-state index >= 15 is 0 Å². The summed E-state index contributed by atoms with van der Waals surface area (Å²) in [6.45, 7) is 0. The highest BCUT2D eigenvalue weighted by Gasteiger charge is 2.28. The number of methoxy groups -OCH3 is 1.